The summed E-state index contributed by atoms with van der Waals surface area (Å²) in [5, 5.41) is 0. The molecule has 1 unspecified atom stereocenters. The standard InChI is InChI=1S/C22H29N3O3/c1-16-4-6-18(7-5-16)21(23)22(26)25-10-8-24(9-11-25)15-17-12-19(27-2)14-20(13-17)28-3/h4-7,12-14,21H,8-11,15,23H2,1-3H3. The Morgan fingerprint density at radius 1 is 1.00 bits per heavy atom. The molecule has 0 radical (unpaired) electrons. The molecule has 3 rings (SSSR count). The highest BCUT2D eigenvalue weighted by atomic mass is 16.5. The molecule has 1 atom stereocenters. The van der Waals surface area contributed by atoms with Gasteiger partial charge in [0.1, 0.15) is 17.5 Å². The number of aryl methyl sites for hydroxylation is 1. The van der Waals surface area contributed by atoms with Crippen LogP contribution >= 0.6 is 0 Å². The molecule has 6 heteroatoms. The van der Waals surface area contributed by atoms with Gasteiger partial charge in [-0.05, 0) is 30.2 Å². The molecule has 0 aromatic heterocycles. The first-order valence-electron chi connectivity index (χ1n) is 9.55. The van der Waals surface area contributed by atoms with Crippen LogP contribution in [0, 0.1) is 6.92 Å². The Morgan fingerprint density at radius 2 is 1.57 bits per heavy atom. The van der Waals surface area contributed by atoms with Crippen LogP contribution in [0.2, 0.25) is 0 Å². The summed E-state index contributed by atoms with van der Waals surface area (Å²) in [7, 11) is 3.31. The van der Waals surface area contributed by atoms with Gasteiger partial charge in [-0.3, -0.25) is 9.69 Å². The Hall–Kier alpha value is -2.57. The second kappa shape index (κ2) is 9.08. The summed E-state index contributed by atoms with van der Waals surface area (Å²) in [6.07, 6.45) is 0. The zero-order valence-corrected chi connectivity index (χ0v) is 16.9. The highest BCUT2D eigenvalue weighted by Crippen LogP contribution is 2.24. The van der Waals surface area contributed by atoms with Crippen molar-refractivity contribution in [3.05, 3.63) is 59.2 Å². The highest BCUT2D eigenvalue weighted by molar-refractivity contribution is 5.83. The number of benzene rings is 2. The molecule has 1 aliphatic heterocycles. The van der Waals surface area contributed by atoms with Gasteiger partial charge in [0.15, 0.2) is 0 Å². The normalized spacial score (nSPS) is 15.9. The first-order chi connectivity index (χ1) is 13.5. The van der Waals surface area contributed by atoms with E-state index in [2.05, 4.69) is 4.90 Å². The number of methoxy groups -OCH3 is 2. The SMILES string of the molecule is COc1cc(CN2CCN(C(=O)C(N)c3ccc(C)cc3)CC2)cc(OC)c1. The molecule has 2 aromatic carbocycles. The Balaban J connectivity index is 1.57. The van der Waals surface area contributed by atoms with Gasteiger partial charge in [-0.1, -0.05) is 29.8 Å². The topological polar surface area (TPSA) is 68.0 Å². The number of carbonyl (C=O) groups excluding carboxylic acids is 1. The lowest BCUT2D eigenvalue weighted by atomic mass is 10.0. The minimum absolute atomic E-state index is 0.00782. The monoisotopic (exact) mass is 383 g/mol. The summed E-state index contributed by atoms with van der Waals surface area (Å²) in [5.74, 6) is 1.56. The lowest BCUT2D eigenvalue weighted by Crippen LogP contribution is -2.50. The quantitative estimate of drug-likeness (QED) is 0.829. The second-order valence-electron chi connectivity index (χ2n) is 7.21. The average molecular weight is 383 g/mol. The molecule has 1 heterocycles. The predicted molar refractivity (Wildman–Crippen MR) is 110 cm³/mol. The van der Waals surface area contributed by atoms with Gasteiger partial charge < -0.3 is 20.1 Å². The van der Waals surface area contributed by atoms with Gasteiger partial charge in [-0.25, -0.2) is 0 Å². The predicted octanol–water partition coefficient (Wildman–Crippen LogP) is 2.36. The Morgan fingerprint density at radius 3 is 2.11 bits per heavy atom. The van der Waals surface area contributed by atoms with E-state index in [4.69, 9.17) is 15.2 Å². The molecule has 150 valence electrons. The van der Waals surface area contributed by atoms with Crippen LogP contribution in [0.25, 0.3) is 0 Å². The largest absolute Gasteiger partial charge is 0.497 e. The Kier molecular flexibility index (Phi) is 6.54. The zero-order chi connectivity index (χ0) is 20.1. The molecule has 1 fully saturated rings. The smallest absolute Gasteiger partial charge is 0.244 e. The lowest BCUT2D eigenvalue weighted by molar-refractivity contribution is -0.134. The Bertz CT molecular complexity index is 777. The van der Waals surface area contributed by atoms with E-state index in [0.29, 0.717) is 13.1 Å². The van der Waals surface area contributed by atoms with Crippen LogP contribution < -0.4 is 15.2 Å². The maximum absolute atomic E-state index is 12.8. The molecule has 0 aliphatic carbocycles. The summed E-state index contributed by atoms with van der Waals surface area (Å²) < 4.78 is 10.7. The van der Waals surface area contributed by atoms with Crippen LogP contribution in [0.5, 0.6) is 11.5 Å². The Labute approximate surface area is 166 Å². The van der Waals surface area contributed by atoms with E-state index in [1.54, 1.807) is 14.2 Å². The molecule has 0 bridgehead atoms. The molecule has 28 heavy (non-hydrogen) atoms. The van der Waals surface area contributed by atoms with E-state index in [0.717, 1.165) is 47.8 Å². The van der Waals surface area contributed by atoms with Crippen LogP contribution in [0.1, 0.15) is 22.7 Å². The zero-order valence-electron chi connectivity index (χ0n) is 16.9. The van der Waals surface area contributed by atoms with Crippen molar-refractivity contribution < 1.29 is 14.3 Å². The van der Waals surface area contributed by atoms with E-state index >= 15 is 0 Å². The van der Waals surface area contributed by atoms with Crippen LogP contribution in [0.3, 0.4) is 0 Å². The van der Waals surface area contributed by atoms with Crippen molar-refractivity contribution in [1.82, 2.24) is 9.80 Å². The number of amides is 1. The second-order valence-corrected chi connectivity index (χ2v) is 7.21. The van der Waals surface area contributed by atoms with E-state index < -0.39 is 6.04 Å². The average Bonchev–Trinajstić information content (AvgIpc) is 2.73. The maximum atomic E-state index is 12.8. The van der Waals surface area contributed by atoms with Crippen molar-refractivity contribution in [3.8, 4) is 11.5 Å². The summed E-state index contributed by atoms with van der Waals surface area (Å²) >= 11 is 0. The fourth-order valence-electron chi connectivity index (χ4n) is 3.46. The van der Waals surface area contributed by atoms with Gasteiger partial charge in [-0.2, -0.15) is 0 Å². The van der Waals surface area contributed by atoms with Gasteiger partial charge in [-0.15, -0.1) is 0 Å². The molecule has 1 saturated heterocycles. The third-order valence-electron chi connectivity index (χ3n) is 5.20. The van der Waals surface area contributed by atoms with Gasteiger partial charge in [0, 0.05) is 38.8 Å². The number of hydrogen-bond acceptors (Lipinski definition) is 5. The van der Waals surface area contributed by atoms with Gasteiger partial charge >= 0.3 is 0 Å². The van der Waals surface area contributed by atoms with Crippen LogP contribution in [0.15, 0.2) is 42.5 Å². The number of piperazine rings is 1. The lowest BCUT2D eigenvalue weighted by Gasteiger charge is -2.36. The van der Waals surface area contributed by atoms with Crippen LogP contribution in [0.4, 0.5) is 0 Å². The van der Waals surface area contributed by atoms with Gasteiger partial charge in [0.25, 0.3) is 0 Å². The number of carbonyl (C=O) groups is 1. The number of nitrogens with zero attached hydrogens (tertiary/aromatic N) is 2. The van der Waals surface area contributed by atoms with Crippen molar-refractivity contribution in [3.63, 3.8) is 0 Å². The molecule has 1 aliphatic rings. The van der Waals surface area contributed by atoms with Gasteiger partial charge in [0.2, 0.25) is 5.91 Å². The molecule has 0 spiro atoms. The first-order valence-corrected chi connectivity index (χ1v) is 9.55. The summed E-state index contributed by atoms with van der Waals surface area (Å²) in [5.41, 5.74) is 9.36. The van der Waals surface area contributed by atoms with E-state index in [1.807, 2.05) is 54.3 Å². The van der Waals surface area contributed by atoms with E-state index in [1.165, 1.54) is 0 Å². The van der Waals surface area contributed by atoms with Crippen molar-refractivity contribution in [2.75, 3.05) is 40.4 Å². The van der Waals surface area contributed by atoms with Crippen molar-refractivity contribution >= 4 is 5.91 Å². The number of hydrogen-bond donors (Lipinski definition) is 1. The molecule has 2 N–H and O–H groups in total. The first kappa shape index (κ1) is 20.2. The molecule has 2 aromatic rings. The van der Waals surface area contributed by atoms with Crippen molar-refractivity contribution in [1.29, 1.82) is 0 Å². The molecular weight excluding hydrogens is 354 g/mol. The van der Waals surface area contributed by atoms with E-state index in [-0.39, 0.29) is 5.91 Å². The summed E-state index contributed by atoms with van der Waals surface area (Å²) in [4.78, 5) is 17.0. The van der Waals surface area contributed by atoms with Crippen molar-refractivity contribution in [2.45, 2.75) is 19.5 Å². The maximum Gasteiger partial charge on any atom is 0.244 e. The highest BCUT2D eigenvalue weighted by Gasteiger charge is 2.26. The minimum atomic E-state index is -0.602. The summed E-state index contributed by atoms with van der Waals surface area (Å²) in [6, 6.07) is 13.2. The minimum Gasteiger partial charge on any atom is -0.497 e. The third kappa shape index (κ3) is 4.82. The number of ether oxygens (including phenoxy) is 2. The van der Waals surface area contributed by atoms with Crippen LogP contribution in [-0.4, -0.2) is 56.1 Å². The fourth-order valence-corrected chi connectivity index (χ4v) is 3.46. The third-order valence-corrected chi connectivity index (χ3v) is 5.20. The van der Waals surface area contributed by atoms with Crippen LogP contribution in [-0.2, 0) is 11.3 Å². The van der Waals surface area contributed by atoms with E-state index in [9.17, 15) is 4.79 Å². The molecule has 0 saturated carbocycles. The molecular formula is C22H29N3O3. The fraction of sp³-hybridized carbons (Fsp3) is 0.409. The summed E-state index contributed by atoms with van der Waals surface area (Å²) in [6.45, 7) is 5.80. The molecule has 1 amide bonds. The number of nitrogens with two attached hydrogens (primary N) is 1. The molecule has 6 nitrogen and oxygen atoms in total. The van der Waals surface area contributed by atoms with Crippen molar-refractivity contribution in [2.24, 2.45) is 5.73 Å². The number of rotatable bonds is 6. The van der Waals surface area contributed by atoms with Gasteiger partial charge in [0.05, 0.1) is 14.2 Å².